The van der Waals surface area contributed by atoms with Crippen LogP contribution in [0.2, 0.25) is 5.02 Å². The Morgan fingerprint density at radius 3 is 2.62 bits per heavy atom. The first-order chi connectivity index (χ1) is 15.3. The molecule has 0 spiro atoms. The van der Waals surface area contributed by atoms with Gasteiger partial charge in [0.2, 0.25) is 5.78 Å². The lowest BCUT2D eigenvalue weighted by atomic mass is 9.95. The Morgan fingerprint density at radius 2 is 1.94 bits per heavy atom. The number of amides is 1. The van der Waals surface area contributed by atoms with Gasteiger partial charge in [-0.1, -0.05) is 23.7 Å². The maximum atomic E-state index is 13.5. The van der Waals surface area contributed by atoms with Crippen LogP contribution in [0.15, 0.2) is 64.3 Å². The van der Waals surface area contributed by atoms with Crippen LogP contribution in [-0.4, -0.2) is 41.0 Å². The molecule has 1 aromatic heterocycles. The quantitative estimate of drug-likeness (QED) is 0.491. The summed E-state index contributed by atoms with van der Waals surface area (Å²) in [6.07, 6.45) is -0.0537. The molecule has 4 rings (SSSR count). The number of furan rings is 1. The number of nitrogens with zero attached hydrogens (tertiary/aromatic N) is 1. The second kappa shape index (κ2) is 8.76. The SMILES string of the molecule is CC(C)OCCN1C(=O)C(O)=C(C(=O)c2cc3cc(Cl)ccc3o2)C1c1ccc(F)cc1. The van der Waals surface area contributed by atoms with Crippen molar-refractivity contribution in [2.75, 3.05) is 13.2 Å². The van der Waals surface area contributed by atoms with Gasteiger partial charge in [0.15, 0.2) is 11.5 Å². The van der Waals surface area contributed by atoms with Crippen LogP contribution in [0.1, 0.15) is 36.0 Å². The molecule has 2 aromatic carbocycles. The topological polar surface area (TPSA) is 80.0 Å². The fourth-order valence-electron chi connectivity index (χ4n) is 3.75. The Morgan fingerprint density at radius 1 is 1.22 bits per heavy atom. The van der Waals surface area contributed by atoms with Gasteiger partial charge in [-0.3, -0.25) is 9.59 Å². The van der Waals surface area contributed by atoms with Crippen molar-refractivity contribution in [2.24, 2.45) is 0 Å². The largest absolute Gasteiger partial charge is 0.503 e. The van der Waals surface area contributed by atoms with E-state index in [1.54, 1.807) is 18.2 Å². The molecule has 1 atom stereocenters. The summed E-state index contributed by atoms with van der Waals surface area (Å²) < 4.78 is 24.7. The second-order valence-corrected chi connectivity index (χ2v) is 8.19. The van der Waals surface area contributed by atoms with Gasteiger partial charge in [0.1, 0.15) is 11.4 Å². The fourth-order valence-corrected chi connectivity index (χ4v) is 3.93. The highest BCUT2D eigenvalue weighted by molar-refractivity contribution is 6.31. The summed E-state index contributed by atoms with van der Waals surface area (Å²) in [7, 11) is 0. The normalized spacial score (nSPS) is 16.6. The van der Waals surface area contributed by atoms with E-state index in [0.29, 0.717) is 21.6 Å². The number of rotatable bonds is 7. The highest BCUT2D eigenvalue weighted by Crippen LogP contribution is 2.39. The first-order valence-corrected chi connectivity index (χ1v) is 10.5. The zero-order valence-electron chi connectivity index (χ0n) is 17.5. The third-order valence-corrected chi connectivity index (χ3v) is 5.45. The minimum absolute atomic E-state index is 0.0380. The molecule has 0 aliphatic carbocycles. The number of carbonyl (C=O) groups excluding carboxylic acids is 2. The van der Waals surface area contributed by atoms with Crippen LogP contribution in [0.3, 0.4) is 0 Å². The summed E-state index contributed by atoms with van der Waals surface area (Å²) in [4.78, 5) is 27.6. The first-order valence-electron chi connectivity index (χ1n) is 10.1. The van der Waals surface area contributed by atoms with Crippen LogP contribution >= 0.6 is 11.6 Å². The van der Waals surface area contributed by atoms with Crippen molar-refractivity contribution in [3.8, 4) is 0 Å². The minimum atomic E-state index is -0.914. The first kappa shape index (κ1) is 22.0. The van der Waals surface area contributed by atoms with Crippen LogP contribution in [0.25, 0.3) is 11.0 Å². The van der Waals surface area contributed by atoms with E-state index < -0.39 is 29.3 Å². The van der Waals surface area contributed by atoms with Gasteiger partial charge >= 0.3 is 0 Å². The summed E-state index contributed by atoms with van der Waals surface area (Å²) >= 11 is 6.01. The van der Waals surface area contributed by atoms with E-state index in [2.05, 4.69) is 0 Å². The molecular formula is C24H21ClFNO5. The molecule has 1 unspecified atom stereocenters. The zero-order chi connectivity index (χ0) is 23.0. The molecule has 166 valence electrons. The van der Waals surface area contributed by atoms with Crippen molar-refractivity contribution >= 4 is 34.3 Å². The number of aliphatic hydroxyl groups is 1. The molecule has 2 heterocycles. The van der Waals surface area contributed by atoms with Crippen molar-refractivity contribution in [1.82, 2.24) is 4.90 Å². The lowest BCUT2D eigenvalue weighted by molar-refractivity contribution is -0.130. The second-order valence-electron chi connectivity index (χ2n) is 7.76. The number of hydrogen-bond donors (Lipinski definition) is 1. The van der Waals surface area contributed by atoms with Gasteiger partial charge in [-0.25, -0.2) is 4.39 Å². The molecule has 1 amide bonds. The Kier molecular flexibility index (Phi) is 6.04. The molecular weight excluding hydrogens is 437 g/mol. The molecule has 32 heavy (non-hydrogen) atoms. The van der Waals surface area contributed by atoms with E-state index in [4.69, 9.17) is 20.8 Å². The van der Waals surface area contributed by atoms with Gasteiger partial charge in [0, 0.05) is 17.0 Å². The van der Waals surface area contributed by atoms with Crippen molar-refractivity contribution in [3.05, 3.63) is 82.0 Å². The molecule has 0 saturated heterocycles. The number of benzene rings is 2. The molecule has 0 bridgehead atoms. The van der Waals surface area contributed by atoms with E-state index in [0.717, 1.165) is 0 Å². The molecule has 3 aromatic rings. The van der Waals surface area contributed by atoms with Crippen molar-refractivity contribution < 1.29 is 28.2 Å². The van der Waals surface area contributed by atoms with Crippen molar-refractivity contribution in [3.63, 3.8) is 0 Å². The van der Waals surface area contributed by atoms with E-state index in [-0.39, 0.29) is 30.6 Å². The summed E-state index contributed by atoms with van der Waals surface area (Å²) in [6, 6.07) is 11.0. The van der Waals surface area contributed by atoms with Gasteiger partial charge in [-0.2, -0.15) is 0 Å². The average molecular weight is 458 g/mol. The molecule has 1 N–H and O–H groups in total. The van der Waals surface area contributed by atoms with E-state index in [1.807, 2.05) is 13.8 Å². The third-order valence-electron chi connectivity index (χ3n) is 5.22. The minimum Gasteiger partial charge on any atom is -0.503 e. The highest BCUT2D eigenvalue weighted by Gasteiger charge is 2.44. The van der Waals surface area contributed by atoms with Crippen molar-refractivity contribution in [1.29, 1.82) is 0 Å². The fraction of sp³-hybridized carbons (Fsp3) is 0.250. The van der Waals surface area contributed by atoms with Gasteiger partial charge in [-0.05, 0) is 55.8 Å². The van der Waals surface area contributed by atoms with Gasteiger partial charge < -0.3 is 19.2 Å². The molecule has 0 fully saturated rings. The summed E-state index contributed by atoms with van der Waals surface area (Å²) in [6.45, 7) is 4.07. The number of ether oxygens (including phenoxy) is 1. The molecule has 1 aliphatic rings. The Hall–Kier alpha value is -3.16. The number of carbonyl (C=O) groups is 2. The third kappa shape index (κ3) is 4.13. The summed E-state index contributed by atoms with van der Waals surface area (Å²) in [5.41, 5.74) is 0.801. The van der Waals surface area contributed by atoms with E-state index >= 15 is 0 Å². The predicted molar refractivity (Wildman–Crippen MR) is 117 cm³/mol. The highest BCUT2D eigenvalue weighted by atomic mass is 35.5. The number of ketones is 1. The van der Waals surface area contributed by atoms with Gasteiger partial charge in [0.05, 0.1) is 24.3 Å². The van der Waals surface area contributed by atoms with Crippen LogP contribution in [0.4, 0.5) is 4.39 Å². The number of fused-ring (bicyclic) bond motifs is 1. The number of halogens is 2. The molecule has 6 nitrogen and oxygen atoms in total. The number of hydrogen-bond acceptors (Lipinski definition) is 5. The van der Waals surface area contributed by atoms with Crippen LogP contribution < -0.4 is 0 Å². The Balaban J connectivity index is 1.74. The summed E-state index contributed by atoms with van der Waals surface area (Å²) in [5.74, 6) is -2.49. The van der Waals surface area contributed by atoms with Gasteiger partial charge in [0.25, 0.3) is 5.91 Å². The van der Waals surface area contributed by atoms with Crippen molar-refractivity contribution in [2.45, 2.75) is 26.0 Å². The molecule has 0 radical (unpaired) electrons. The Bertz CT molecular complexity index is 1210. The smallest absolute Gasteiger partial charge is 0.290 e. The monoisotopic (exact) mass is 457 g/mol. The van der Waals surface area contributed by atoms with Crippen LogP contribution in [0, 0.1) is 5.82 Å². The Labute approximate surface area is 188 Å². The molecule has 8 heteroatoms. The molecule has 0 saturated carbocycles. The number of Topliss-reactive ketones (excluding diaryl/α,β-unsaturated/α-hetero) is 1. The lowest BCUT2D eigenvalue weighted by Gasteiger charge is -2.27. The van der Waals surface area contributed by atoms with Crippen LogP contribution in [-0.2, 0) is 9.53 Å². The van der Waals surface area contributed by atoms with E-state index in [9.17, 15) is 19.1 Å². The lowest BCUT2D eigenvalue weighted by Crippen LogP contribution is -2.34. The van der Waals surface area contributed by atoms with Gasteiger partial charge in [-0.15, -0.1) is 0 Å². The number of aliphatic hydroxyl groups excluding tert-OH is 1. The zero-order valence-corrected chi connectivity index (χ0v) is 18.2. The molecule has 1 aliphatic heterocycles. The van der Waals surface area contributed by atoms with E-state index in [1.165, 1.54) is 35.2 Å². The predicted octanol–water partition coefficient (Wildman–Crippen LogP) is 5.23. The average Bonchev–Trinajstić information content (AvgIpc) is 3.27. The summed E-state index contributed by atoms with van der Waals surface area (Å²) in [5, 5.41) is 11.8. The maximum Gasteiger partial charge on any atom is 0.290 e. The standard InChI is InChI=1S/C24H21ClFNO5/c1-13(2)31-10-9-27-21(14-3-6-17(26)7-4-14)20(23(29)24(27)30)22(28)19-12-15-11-16(25)5-8-18(15)32-19/h3-8,11-13,21,29H,9-10H2,1-2H3. The maximum absolute atomic E-state index is 13.5. The van der Waals surface area contributed by atoms with Crippen LogP contribution in [0.5, 0.6) is 0 Å².